The number of nitrogens with zero attached hydrogens (tertiary/aromatic N) is 3. The van der Waals surface area contributed by atoms with Gasteiger partial charge in [0.1, 0.15) is 0 Å². The molecule has 0 unspecified atom stereocenters. The van der Waals surface area contributed by atoms with Gasteiger partial charge in [-0.15, -0.1) is 0 Å². The number of hydrogen-bond donors (Lipinski definition) is 2. The largest absolute Gasteiger partial charge is 0.354 e. The summed E-state index contributed by atoms with van der Waals surface area (Å²) in [5, 5.41) is 11.6. The van der Waals surface area contributed by atoms with E-state index in [1.165, 1.54) is 42.6 Å². The van der Waals surface area contributed by atoms with Crippen LogP contribution in [0.1, 0.15) is 56.5 Å². The Bertz CT molecular complexity index is 483. The van der Waals surface area contributed by atoms with Gasteiger partial charge < -0.3 is 10.6 Å². The number of rotatable bonds is 5. The van der Waals surface area contributed by atoms with Crippen molar-refractivity contribution in [3.8, 4) is 0 Å². The van der Waals surface area contributed by atoms with Crippen LogP contribution >= 0.6 is 0 Å². The Labute approximate surface area is 128 Å². The molecule has 0 radical (unpaired) electrons. The van der Waals surface area contributed by atoms with Crippen LogP contribution < -0.4 is 10.6 Å². The van der Waals surface area contributed by atoms with E-state index in [4.69, 9.17) is 0 Å². The lowest BCUT2D eigenvalue weighted by Gasteiger charge is -2.17. The van der Waals surface area contributed by atoms with E-state index in [9.17, 15) is 0 Å². The SMILES string of the molecule is CCc1nn(C)c(CC)c1CNC(=NC)NC1CCCC1. The molecule has 1 aromatic rings. The van der Waals surface area contributed by atoms with Crippen LogP contribution in [0.15, 0.2) is 4.99 Å². The van der Waals surface area contributed by atoms with Crippen LogP contribution in [-0.2, 0) is 26.4 Å². The summed E-state index contributed by atoms with van der Waals surface area (Å²) in [6.07, 6.45) is 7.16. The first kappa shape index (κ1) is 15.9. The number of aromatic nitrogens is 2. The van der Waals surface area contributed by atoms with Gasteiger partial charge in [-0.1, -0.05) is 26.7 Å². The Morgan fingerprint density at radius 1 is 1.29 bits per heavy atom. The molecule has 1 heterocycles. The molecule has 2 N–H and O–H groups in total. The average Bonchev–Trinajstić information content (AvgIpc) is 3.10. The van der Waals surface area contributed by atoms with Crippen molar-refractivity contribution in [3.63, 3.8) is 0 Å². The smallest absolute Gasteiger partial charge is 0.191 e. The van der Waals surface area contributed by atoms with E-state index in [0.717, 1.165) is 25.3 Å². The topological polar surface area (TPSA) is 54.2 Å². The maximum absolute atomic E-state index is 4.62. The van der Waals surface area contributed by atoms with Crippen LogP contribution in [0.25, 0.3) is 0 Å². The molecule has 0 spiro atoms. The lowest BCUT2D eigenvalue weighted by molar-refractivity contribution is 0.612. The Morgan fingerprint density at radius 3 is 2.57 bits per heavy atom. The van der Waals surface area contributed by atoms with Crippen molar-refractivity contribution in [2.75, 3.05) is 7.05 Å². The molecule has 5 heteroatoms. The number of aliphatic imine (C=N–C) groups is 1. The molecule has 118 valence electrons. The summed E-state index contributed by atoms with van der Waals surface area (Å²) >= 11 is 0. The molecular formula is C16H29N5. The summed E-state index contributed by atoms with van der Waals surface area (Å²) < 4.78 is 2.02. The van der Waals surface area contributed by atoms with Crippen LogP contribution in [-0.4, -0.2) is 28.8 Å². The zero-order valence-electron chi connectivity index (χ0n) is 13.9. The fraction of sp³-hybridized carbons (Fsp3) is 0.750. The minimum absolute atomic E-state index is 0.585. The molecule has 1 saturated carbocycles. The van der Waals surface area contributed by atoms with Gasteiger partial charge in [-0.05, 0) is 25.7 Å². The molecular weight excluding hydrogens is 262 g/mol. The molecule has 21 heavy (non-hydrogen) atoms. The van der Waals surface area contributed by atoms with Gasteiger partial charge in [-0.3, -0.25) is 9.67 Å². The third-order valence-corrected chi connectivity index (χ3v) is 4.38. The molecule has 0 atom stereocenters. The second-order valence-corrected chi connectivity index (χ2v) is 5.75. The predicted molar refractivity (Wildman–Crippen MR) is 87.6 cm³/mol. The molecule has 0 saturated heterocycles. The van der Waals surface area contributed by atoms with Crippen molar-refractivity contribution in [2.24, 2.45) is 12.0 Å². The van der Waals surface area contributed by atoms with Crippen molar-refractivity contribution < 1.29 is 0 Å². The van der Waals surface area contributed by atoms with Gasteiger partial charge in [0.15, 0.2) is 5.96 Å². The summed E-state index contributed by atoms with van der Waals surface area (Å²) in [7, 11) is 3.88. The molecule has 5 nitrogen and oxygen atoms in total. The van der Waals surface area contributed by atoms with E-state index >= 15 is 0 Å². The molecule has 0 bridgehead atoms. The minimum Gasteiger partial charge on any atom is -0.354 e. The molecule has 1 aromatic heterocycles. The van der Waals surface area contributed by atoms with Crippen molar-refractivity contribution in [1.29, 1.82) is 0 Å². The van der Waals surface area contributed by atoms with Crippen molar-refractivity contribution in [1.82, 2.24) is 20.4 Å². The second kappa shape index (κ2) is 7.48. The lowest BCUT2D eigenvalue weighted by Crippen LogP contribution is -2.42. The summed E-state index contributed by atoms with van der Waals surface area (Å²) in [5.74, 6) is 0.912. The van der Waals surface area contributed by atoms with Gasteiger partial charge >= 0.3 is 0 Å². The van der Waals surface area contributed by atoms with E-state index in [-0.39, 0.29) is 0 Å². The quantitative estimate of drug-likeness (QED) is 0.645. The Kier molecular flexibility index (Phi) is 5.65. The normalized spacial score (nSPS) is 16.5. The Morgan fingerprint density at radius 2 is 2.00 bits per heavy atom. The van der Waals surface area contributed by atoms with Crippen LogP contribution in [0, 0.1) is 0 Å². The van der Waals surface area contributed by atoms with E-state index in [1.807, 2.05) is 18.8 Å². The van der Waals surface area contributed by atoms with Crippen molar-refractivity contribution >= 4 is 5.96 Å². The number of nitrogens with one attached hydrogen (secondary N) is 2. The van der Waals surface area contributed by atoms with Crippen LogP contribution in [0.4, 0.5) is 0 Å². The number of guanidine groups is 1. The highest BCUT2D eigenvalue weighted by Gasteiger charge is 2.17. The van der Waals surface area contributed by atoms with Gasteiger partial charge in [-0.2, -0.15) is 5.10 Å². The average molecular weight is 291 g/mol. The summed E-state index contributed by atoms with van der Waals surface area (Å²) in [6, 6.07) is 0.585. The zero-order valence-corrected chi connectivity index (χ0v) is 13.9. The molecule has 0 aromatic carbocycles. The van der Waals surface area contributed by atoms with Gasteiger partial charge in [-0.25, -0.2) is 0 Å². The summed E-state index contributed by atoms with van der Waals surface area (Å²) in [4.78, 5) is 4.35. The third-order valence-electron chi connectivity index (χ3n) is 4.38. The Hall–Kier alpha value is -1.52. The highest BCUT2D eigenvalue weighted by atomic mass is 15.3. The summed E-state index contributed by atoms with van der Waals surface area (Å²) in [5.41, 5.74) is 3.84. The number of aryl methyl sites for hydroxylation is 2. The van der Waals surface area contributed by atoms with E-state index in [0.29, 0.717) is 6.04 Å². The minimum atomic E-state index is 0.585. The van der Waals surface area contributed by atoms with Gasteiger partial charge in [0, 0.05) is 37.9 Å². The monoisotopic (exact) mass is 291 g/mol. The van der Waals surface area contributed by atoms with Crippen molar-refractivity contribution in [2.45, 2.75) is 65.0 Å². The van der Waals surface area contributed by atoms with E-state index < -0.39 is 0 Å². The molecule has 0 amide bonds. The van der Waals surface area contributed by atoms with E-state index in [1.54, 1.807) is 0 Å². The molecule has 1 aliphatic rings. The second-order valence-electron chi connectivity index (χ2n) is 5.75. The maximum atomic E-state index is 4.62. The van der Waals surface area contributed by atoms with Gasteiger partial charge in [0.25, 0.3) is 0 Å². The third kappa shape index (κ3) is 3.77. The maximum Gasteiger partial charge on any atom is 0.191 e. The summed E-state index contributed by atoms with van der Waals surface area (Å²) in [6.45, 7) is 5.15. The highest BCUT2D eigenvalue weighted by Crippen LogP contribution is 2.18. The molecule has 1 aliphatic carbocycles. The van der Waals surface area contributed by atoms with Crippen LogP contribution in [0.3, 0.4) is 0 Å². The van der Waals surface area contributed by atoms with Crippen LogP contribution in [0.5, 0.6) is 0 Å². The molecule has 2 rings (SSSR count). The predicted octanol–water partition coefficient (Wildman–Crippen LogP) is 2.15. The van der Waals surface area contributed by atoms with Crippen LogP contribution in [0.2, 0.25) is 0 Å². The zero-order chi connectivity index (χ0) is 15.2. The van der Waals surface area contributed by atoms with Crippen molar-refractivity contribution in [3.05, 3.63) is 17.0 Å². The molecule has 0 aliphatic heterocycles. The standard InChI is InChI=1S/C16H29N5/c1-5-14-13(15(6-2)21(4)20-14)11-18-16(17-3)19-12-9-7-8-10-12/h12H,5-11H2,1-4H3,(H2,17,18,19). The lowest BCUT2D eigenvalue weighted by atomic mass is 10.1. The number of hydrogen-bond acceptors (Lipinski definition) is 2. The first-order valence-corrected chi connectivity index (χ1v) is 8.20. The van der Waals surface area contributed by atoms with E-state index in [2.05, 4.69) is 34.6 Å². The fourth-order valence-electron chi connectivity index (χ4n) is 3.22. The van der Waals surface area contributed by atoms with Gasteiger partial charge in [0.2, 0.25) is 0 Å². The first-order chi connectivity index (χ1) is 10.2. The highest BCUT2D eigenvalue weighted by molar-refractivity contribution is 5.80. The first-order valence-electron chi connectivity index (χ1n) is 8.20. The fourth-order valence-corrected chi connectivity index (χ4v) is 3.22. The van der Waals surface area contributed by atoms with Gasteiger partial charge in [0.05, 0.1) is 5.69 Å². The Balaban J connectivity index is 2.00. The molecule has 1 fully saturated rings.